The first-order chi connectivity index (χ1) is 6.80. The number of likely N-dealkylation sites (N-methyl/N-ethyl adjacent to an activating group) is 1. The summed E-state index contributed by atoms with van der Waals surface area (Å²) in [7, 11) is 3.67. The SMILES string of the molecule is CCn1cc(CC(COC)NC)cn1. The normalized spacial score (nSPS) is 13.1. The van der Waals surface area contributed by atoms with Crippen LogP contribution in [0, 0.1) is 0 Å². The Morgan fingerprint density at radius 1 is 1.64 bits per heavy atom. The van der Waals surface area contributed by atoms with Gasteiger partial charge in [0.2, 0.25) is 0 Å². The van der Waals surface area contributed by atoms with Crippen molar-refractivity contribution in [3.8, 4) is 0 Å². The van der Waals surface area contributed by atoms with Crippen LogP contribution in [0.15, 0.2) is 12.4 Å². The zero-order valence-electron chi connectivity index (χ0n) is 9.16. The molecular formula is C10H19N3O. The molecule has 0 radical (unpaired) electrons. The summed E-state index contributed by atoms with van der Waals surface area (Å²) in [6.45, 7) is 3.74. The fourth-order valence-electron chi connectivity index (χ4n) is 1.41. The second-order valence-electron chi connectivity index (χ2n) is 3.35. The number of nitrogens with zero attached hydrogens (tertiary/aromatic N) is 2. The number of methoxy groups -OCH3 is 1. The molecule has 1 rings (SSSR count). The van der Waals surface area contributed by atoms with Gasteiger partial charge in [-0.05, 0) is 26.0 Å². The fraction of sp³-hybridized carbons (Fsp3) is 0.700. The average molecular weight is 197 g/mol. The minimum atomic E-state index is 0.370. The highest BCUT2D eigenvalue weighted by Crippen LogP contribution is 2.02. The summed E-state index contributed by atoms with van der Waals surface area (Å²) < 4.78 is 7.05. The van der Waals surface area contributed by atoms with Crippen LogP contribution in [-0.2, 0) is 17.7 Å². The minimum Gasteiger partial charge on any atom is -0.383 e. The molecule has 1 aromatic heterocycles. The van der Waals surface area contributed by atoms with E-state index in [0.29, 0.717) is 6.04 Å². The highest BCUT2D eigenvalue weighted by atomic mass is 16.5. The number of aryl methyl sites for hydroxylation is 1. The van der Waals surface area contributed by atoms with Crippen molar-refractivity contribution in [2.45, 2.75) is 25.9 Å². The van der Waals surface area contributed by atoms with Gasteiger partial charge in [0.25, 0.3) is 0 Å². The summed E-state index contributed by atoms with van der Waals surface area (Å²) in [5.74, 6) is 0. The first-order valence-electron chi connectivity index (χ1n) is 4.97. The molecule has 4 heteroatoms. The summed E-state index contributed by atoms with van der Waals surface area (Å²) in [4.78, 5) is 0. The van der Waals surface area contributed by atoms with E-state index < -0.39 is 0 Å². The Balaban J connectivity index is 2.48. The third-order valence-electron chi connectivity index (χ3n) is 2.27. The molecule has 0 saturated heterocycles. The zero-order chi connectivity index (χ0) is 10.4. The molecule has 0 saturated carbocycles. The largest absolute Gasteiger partial charge is 0.383 e. The van der Waals surface area contributed by atoms with Crippen LogP contribution in [0.5, 0.6) is 0 Å². The van der Waals surface area contributed by atoms with Crippen LogP contribution in [0.25, 0.3) is 0 Å². The van der Waals surface area contributed by atoms with E-state index in [0.717, 1.165) is 19.6 Å². The van der Waals surface area contributed by atoms with E-state index in [1.807, 2.05) is 17.9 Å². The quantitative estimate of drug-likeness (QED) is 0.729. The van der Waals surface area contributed by atoms with E-state index in [1.54, 1.807) is 7.11 Å². The molecule has 80 valence electrons. The summed E-state index contributed by atoms with van der Waals surface area (Å²) >= 11 is 0. The van der Waals surface area contributed by atoms with Gasteiger partial charge in [0.1, 0.15) is 0 Å². The lowest BCUT2D eigenvalue weighted by molar-refractivity contribution is 0.169. The van der Waals surface area contributed by atoms with Crippen molar-refractivity contribution in [1.29, 1.82) is 0 Å². The lowest BCUT2D eigenvalue weighted by Crippen LogP contribution is -2.31. The molecule has 0 aromatic carbocycles. The third-order valence-corrected chi connectivity index (χ3v) is 2.27. The monoisotopic (exact) mass is 197 g/mol. The summed E-state index contributed by atoms with van der Waals surface area (Å²) in [6, 6.07) is 0.370. The van der Waals surface area contributed by atoms with Crippen molar-refractivity contribution in [2.24, 2.45) is 0 Å². The molecule has 0 fully saturated rings. The van der Waals surface area contributed by atoms with Crippen LogP contribution in [0.3, 0.4) is 0 Å². The van der Waals surface area contributed by atoms with Crippen molar-refractivity contribution < 1.29 is 4.74 Å². The van der Waals surface area contributed by atoms with E-state index in [2.05, 4.69) is 23.5 Å². The van der Waals surface area contributed by atoms with Crippen molar-refractivity contribution in [3.63, 3.8) is 0 Å². The fourth-order valence-corrected chi connectivity index (χ4v) is 1.41. The van der Waals surface area contributed by atoms with E-state index in [1.165, 1.54) is 5.56 Å². The predicted octanol–water partition coefficient (Wildman–Crippen LogP) is 0.680. The Kier molecular flexibility index (Phi) is 4.62. The number of hydrogen-bond donors (Lipinski definition) is 1. The number of nitrogens with one attached hydrogen (secondary N) is 1. The Labute approximate surface area is 85.3 Å². The van der Waals surface area contributed by atoms with Gasteiger partial charge >= 0.3 is 0 Å². The first kappa shape index (κ1) is 11.2. The molecule has 0 amide bonds. The topological polar surface area (TPSA) is 39.1 Å². The number of aromatic nitrogens is 2. The maximum atomic E-state index is 5.11. The molecule has 1 N–H and O–H groups in total. The van der Waals surface area contributed by atoms with Gasteiger partial charge in [0, 0.05) is 25.9 Å². The summed E-state index contributed by atoms with van der Waals surface area (Å²) in [6.07, 6.45) is 4.97. The molecule has 1 unspecified atom stereocenters. The summed E-state index contributed by atoms with van der Waals surface area (Å²) in [5, 5.41) is 7.45. The lowest BCUT2D eigenvalue weighted by atomic mass is 10.1. The van der Waals surface area contributed by atoms with E-state index >= 15 is 0 Å². The molecule has 0 bridgehead atoms. The standard InChI is InChI=1S/C10H19N3O/c1-4-13-7-9(6-12-13)5-10(11-2)8-14-3/h6-7,10-11H,4-5,8H2,1-3H3. The smallest absolute Gasteiger partial charge is 0.0619 e. The Hall–Kier alpha value is -0.870. The molecule has 0 spiro atoms. The number of rotatable bonds is 6. The van der Waals surface area contributed by atoms with E-state index in [9.17, 15) is 0 Å². The van der Waals surface area contributed by atoms with Crippen LogP contribution in [0.4, 0.5) is 0 Å². The number of hydrogen-bond acceptors (Lipinski definition) is 3. The van der Waals surface area contributed by atoms with Gasteiger partial charge in [-0.15, -0.1) is 0 Å². The summed E-state index contributed by atoms with van der Waals surface area (Å²) in [5.41, 5.74) is 1.25. The second-order valence-corrected chi connectivity index (χ2v) is 3.35. The molecule has 0 aliphatic rings. The average Bonchev–Trinajstić information content (AvgIpc) is 2.65. The van der Waals surface area contributed by atoms with Crippen LogP contribution in [0.1, 0.15) is 12.5 Å². The molecule has 1 heterocycles. The van der Waals surface area contributed by atoms with Gasteiger partial charge in [-0.2, -0.15) is 5.10 Å². The molecule has 1 atom stereocenters. The van der Waals surface area contributed by atoms with Crippen molar-refractivity contribution in [2.75, 3.05) is 20.8 Å². The molecule has 4 nitrogen and oxygen atoms in total. The van der Waals surface area contributed by atoms with Gasteiger partial charge < -0.3 is 10.1 Å². The first-order valence-corrected chi connectivity index (χ1v) is 4.97. The van der Waals surface area contributed by atoms with Gasteiger partial charge in [-0.3, -0.25) is 4.68 Å². The van der Waals surface area contributed by atoms with Crippen LogP contribution >= 0.6 is 0 Å². The third kappa shape index (κ3) is 3.12. The highest BCUT2D eigenvalue weighted by Gasteiger charge is 2.07. The maximum absolute atomic E-state index is 5.11. The molecule has 0 aliphatic carbocycles. The predicted molar refractivity (Wildman–Crippen MR) is 56.3 cm³/mol. The molecule has 0 aliphatic heterocycles. The van der Waals surface area contributed by atoms with Crippen molar-refractivity contribution in [3.05, 3.63) is 18.0 Å². The van der Waals surface area contributed by atoms with Gasteiger partial charge in [0.15, 0.2) is 0 Å². The van der Waals surface area contributed by atoms with Gasteiger partial charge in [-0.1, -0.05) is 0 Å². The lowest BCUT2D eigenvalue weighted by Gasteiger charge is -2.13. The van der Waals surface area contributed by atoms with E-state index in [4.69, 9.17) is 4.74 Å². The molecule has 14 heavy (non-hydrogen) atoms. The Morgan fingerprint density at radius 3 is 2.93 bits per heavy atom. The van der Waals surface area contributed by atoms with Crippen molar-refractivity contribution in [1.82, 2.24) is 15.1 Å². The van der Waals surface area contributed by atoms with E-state index in [-0.39, 0.29) is 0 Å². The Morgan fingerprint density at radius 2 is 2.43 bits per heavy atom. The van der Waals surface area contributed by atoms with Crippen LogP contribution in [0.2, 0.25) is 0 Å². The molecule has 1 aromatic rings. The van der Waals surface area contributed by atoms with Gasteiger partial charge in [-0.25, -0.2) is 0 Å². The maximum Gasteiger partial charge on any atom is 0.0619 e. The minimum absolute atomic E-state index is 0.370. The van der Waals surface area contributed by atoms with Crippen molar-refractivity contribution >= 4 is 0 Å². The number of ether oxygens (including phenoxy) is 1. The molecular weight excluding hydrogens is 178 g/mol. The zero-order valence-corrected chi connectivity index (χ0v) is 9.16. The second kappa shape index (κ2) is 5.78. The Bertz CT molecular complexity index is 260. The highest BCUT2D eigenvalue weighted by molar-refractivity contribution is 5.06. The van der Waals surface area contributed by atoms with Crippen LogP contribution in [-0.4, -0.2) is 36.6 Å². The van der Waals surface area contributed by atoms with Gasteiger partial charge in [0.05, 0.1) is 12.8 Å². The van der Waals surface area contributed by atoms with Crippen LogP contribution < -0.4 is 5.32 Å².